The van der Waals surface area contributed by atoms with E-state index < -0.39 is 42.2 Å². The molecule has 0 aliphatic heterocycles. The van der Waals surface area contributed by atoms with Crippen LogP contribution in [0.4, 0.5) is 26.3 Å². The van der Waals surface area contributed by atoms with Gasteiger partial charge in [-0.3, -0.25) is 0 Å². The Morgan fingerprint density at radius 1 is 0.810 bits per heavy atom. The van der Waals surface area contributed by atoms with Gasteiger partial charge in [0.2, 0.25) is 0 Å². The van der Waals surface area contributed by atoms with Gasteiger partial charge >= 0.3 is 21.7 Å². The van der Waals surface area contributed by atoms with E-state index in [0.29, 0.717) is 16.3 Å². The first-order valence-electron chi connectivity index (χ1n) is 4.69. The Morgan fingerprint density at radius 3 is 1.57 bits per heavy atom. The van der Waals surface area contributed by atoms with Crippen molar-refractivity contribution in [1.29, 1.82) is 0 Å². The van der Waals surface area contributed by atoms with Crippen LogP contribution in [0.5, 0.6) is 0 Å². The number of hydrogen-bond acceptors (Lipinski definition) is 4. The van der Waals surface area contributed by atoms with Gasteiger partial charge < -0.3 is 0 Å². The molecular weight excluding hydrogens is 352 g/mol. The van der Waals surface area contributed by atoms with E-state index in [0.717, 1.165) is 0 Å². The van der Waals surface area contributed by atoms with Crippen LogP contribution in [0.25, 0.3) is 0 Å². The molecule has 0 saturated carbocycles. The Hall–Kier alpha value is -1.34. The molecule has 0 heterocycles. The maximum absolute atomic E-state index is 12.2. The van der Waals surface area contributed by atoms with Crippen LogP contribution in [0.3, 0.4) is 0 Å². The van der Waals surface area contributed by atoms with Gasteiger partial charge in [-0.05, 0) is 24.3 Å². The van der Waals surface area contributed by atoms with Crippen LogP contribution < -0.4 is 4.13 Å². The van der Waals surface area contributed by atoms with Gasteiger partial charge in [0.05, 0.1) is 10.5 Å². The fraction of sp³-hybridized carbons (Fsp3) is 0.250. The van der Waals surface area contributed by atoms with Gasteiger partial charge in [-0.25, -0.2) is 16.8 Å². The minimum atomic E-state index is -6.20. The second-order valence-corrected chi connectivity index (χ2v) is 7.17. The van der Waals surface area contributed by atoms with E-state index in [9.17, 15) is 43.2 Å². The molecule has 0 aliphatic carbocycles. The second kappa shape index (κ2) is 5.14. The molecule has 0 spiro atoms. The molecule has 0 amide bonds. The number of sulfonamides is 2. The maximum atomic E-state index is 12.2. The van der Waals surface area contributed by atoms with Gasteiger partial charge in [0.15, 0.2) is 0 Å². The van der Waals surface area contributed by atoms with Gasteiger partial charge in [0, 0.05) is 0 Å². The Bertz CT molecular complexity index is 718. The van der Waals surface area contributed by atoms with Crippen LogP contribution in [0, 0.1) is 0 Å². The first-order valence-corrected chi connectivity index (χ1v) is 7.65. The summed E-state index contributed by atoms with van der Waals surface area (Å²) < 4.78 is 117. The van der Waals surface area contributed by atoms with Crippen LogP contribution >= 0.6 is 0 Å². The summed E-state index contributed by atoms with van der Waals surface area (Å²) in [4.78, 5) is -1.07. The van der Waals surface area contributed by atoms with E-state index in [2.05, 4.69) is 0 Å². The van der Waals surface area contributed by atoms with Crippen molar-refractivity contribution >= 4 is 20.0 Å². The third-order valence-electron chi connectivity index (χ3n) is 2.02. The average molecular weight is 357 g/mol. The summed E-state index contributed by atoms with van der Waals surface area (Å²) >= 11 is 0. The molecule has 1 rings (SSSR count). The van der Waals surface area contributed by atoms with E-state index in [-0.39, 0.29) is 12.1 Å². The van der Waals surface area contributed by atoms with Crippen LogP contribution in [-0.4, -0.2) is 22.3 Å². The summed E-state index contributed by atoms with van der Waals surface area (Å²) in [5, 5.41) is 0. The fourth-order valence-electron chi connectivity index (χ4n) is 1.06. The third kappa shape index (κ3) is 4.07. The largest absolute Gasteiger partial charge is 0.512 e. The normalized spacial score (nSPS) is 14.2. The van der Waals surface area contributed by atoms with Crippen LogP contribution in [-0.2, 0) is 26.2 Å². The average Bonchev–Trinajstić information content (AvgIpc) is 2.25. The van der Waals surface area contributed by atoms with Gasteiger partial charge in [-0.2, -0.15) is 26.3 Å². The van der Waals surface area contributed by atoms with E-state index >= 15 is 0 Å². The molecule has 1 aromatic rings. The van der Waals surface area contributed by atoms with E-state index in [1.807, 2.05) is 0 Å². The van der Waals surface area contributed by atoms with Gasteiger partial charge in [-0.1, -0.05) is 4.13 Å². The number of benzene rings is 1. The van der Waals surface area contributed by atoms with E-state index in [1.54, 1.807) is 0 Å². The van der Waals surface area contributed by atoms with Crippen LogP contribution in [0.2, 0.25) is 0 Å². The molecule has 0 atom stereocenters. The maximum Gasteiger partial charge on any atom is 0.512 e. The Kier molecular flexibility index (Phi) is 4.33. The summed E-state index contributed by atoms with van der Waals surface area (Å²) in [7, 11) is -11.4. The van der Waals surface area contributed by atoms with Gasteiger partial charge in [-0.15, -0.1) is 0 Å². The summed E-state index contributed by atoms with van der Waals surface area (Å²) in [5.74, 6) is 0. The number of nitrogens with one attached hydrogen (secondary N) is 1. The highest BCUT2D eigenvalue weighted by atomic mass is 32.3. The van der Waals surface area contributed by atoms with E-state index in [1.165, 1.54) is 0 Å². The quantitative estimate of drug-likeness (QED) is 0.837. The molecule has 13 heteroatoms. The predicted octanol–water partition coefficient (Wildman–Crippen LogP) is 1.83. The number of hydrogen-bond donors (Lipinski definition) is 1. The van der Waals surface area contributed by atoms with Crippen LogP contribution in [0.15, 0.2) is 29.2 Å². The van der Waals surface area contributed by atoms with Crippen molar-refractivity contribution in [3.05, 3.63) is 29.8 Å². The van der Waals surface area contributed by atoms with Gasteiger partial charge in [0.1, 0.15) is 0 Å². The molecule has 0 saturated heterocycles. The highest BCUT2D eigenvalue weighted by Gasteiger charge is 2.48. The molecular formula is C8H5F6NO4S2. The topological polar surface area (TPSA) is 80.3 Å². The smallest absolute Gasteiger partial charge is 0.206 e. The van der Waals surface area contributed by atoms with Crippen molar-refractivity contribution in [2.45, 2.75) is 16.6 Å². The summed E-state index contributed by atoms with van der Waals surface area (Å²) in [6, 6.07) is 1.23. The molecule has 0 fully saturated rings. The SMILES string of the molecule is O=S(=O)(NS(=O)(=O)C(F)(F)F)c1ccc(C(F)(F)F)cc1. The first-order chi connectivity index (χ1) is 9.17. The third-order valence-corrected chi connectivity index (χ3v) is 5.27. The number of alkyl halides is 6. The molecule has 0 unspecified atom stereocenters. The second-order valence-electron chi connectivity index (χ2n) is 3.56. The molecule has 120 valence electrons. The minimum absolute atomic E-state index is 0.286. The van der Waals surface area contributed by atoms with Crippen molar-refractivity contribution in [2.75, 3.05) is 0 Å². The number of rotatable bonds is 3. The van der Waals surface area contributed by atoms with Crippen molar-refractivity contribution in [1.82, 2.24) is 4.13 Å². The zero-order valence-corrected chi connectivity index (χ0v) is 11.2. The van der Waals surface area contributed by atoms with E-state index in [4.69, 9.17) is 0 Å². The fourth-order valence-corrected chi connectivity index (χ4v) is 3.48. The lowest BCUT2D eigenvalue weighted by molar-refractivity contribution is -0.137. The monoisotopic (exact) mass is 357 g/mol. The predicted molar refractivity (Wildman–Crippen MR) is 56.7 cm³/mol. The van der Waals surface area contributed by atoms with Crippen molar-refractivity contribution in [3.8, 4) is 0 Å². The summed E-state index contributed by atoms with van der Waals surface area (Å²) in [6.45, 7) is 0. The lowest BCUT2D eigenvalue weighted by Crippen LogP contribution is -2.40. The van der Waals surface area contributed by atoms with Crippen molar-refractivity contribution in [3.63, 3.8) is 0 Å². The van der Waals surface area contributed by atoms with Crippen molar-refractivity contribution in [2.24, 2.45) is 0 Å². The van der Waals surface area contributed by atoms with Crippen LogP contribution in [0.1, 0.15) is 5.56 Å². The van der Waals surface area contributed by atoms with Crippen molar-refractivity contribution < 1.29 is 43.2 Å². The molecule has 1 N–H and O–H groups in total. The lowest BCUT2D eigenvalue weighted by atomic mass is 10.2. The Balaban J connectivity index is 3.17. The zero-order valence-electron chi connectivity index (χ0n) is 9.53. The molecule has 5 nitrogen and oxygen atoms in total. The molecule has 21 heavy (non-hydrogen) atoms. The Labute approximate surface area is 114 Å². The molecule has 0 radical (unpaired) electrons. The Morgan fingerprint density at radius 2 is 1.24 bits per heavy atom. The highest BCUT2D eigenvalue weighted by Crippen LogP contribution is 2.30. The minimum Gasteiger partial charge on any atom is -0.206 e. The molecule has 1 aromatic carbocycles. The number of halogens is 6. The molecule has 0 bridgehead atoms. The highest BCUT2D eigenvalue weighted by molar-refractivity contribution is 8.05. The summed E-state index contributed by atoms with van der Waals surface area (Å²) in [6.07, 6.45) is -4.78. The first kappa shape index (κ1) is 17.7. The lowest BCUT2D eigenvalue weighted by Gasteiger charge is -2.11. The zero-order chi connectivity index (χ0) is 16.7. The standard InChI is InChI=1S/C8H5F6NO4S2/c9-7(10,11)5-1-3-6(4-2-5)20(16,17)15-21(18,19)8(12,13)14/h1-4,15H. The van der Waals surface area contributed by atoms with Gasteiger partial charge in [0.25, 0.3) is 10.0 Å². The molecule has 0 aromatic heterocycles. The summed E-state index contributed by atoms with van der Waals surface area (Å²) in [5.41, 5.74) is -7.13. The molecule has 0 aliphatic rings.